The van der Waals surface area contributed by atoms with Crippen molar-refractivity contribution in [3.8, 4) is 22.4 Å². The zero-order valence-electron chi connectivity index (χ0n) is 18.1. The van der Waals surface area contributed by atoms with E-state index in [4.69, 9.17) is 15.5 Å². The molecule has 0 bridgehead atoms. The second kappa shape index (κ2) is 8.33. The zero-order valence-corrected chi connectivity index (χ0v) is 18.1. The van der Waals surface area contributed by atoms with Crippen LogP contribution in [0.4, 0.5) is 5.82 Å². The number of hydrogen-bond donors (Lipinski definition) is 2. The predicted molar refractivity (Wildman–Crippen MR) is 124 cm³/mol. The minimum atomic E-state index is -0.741. The number of nitrogens with two attached hydrogens (primary N) is 1. The van der Waals surface area contributed by atoms with Crippen molar-refractivity contribution in [3.63, 3.8) is 0 Å². The molecule has 1 saturated carbocycles. The van der Waals surface area contributed by atoms with Crippen molar-refractivity contribution in [1.82, 2.24) is 19.6 Å². The Kier molecular flexibility index (Phi) is 5.36. The number of nitrogens with zero attached hydrogens (tertiary/aromatic N) is 4. The second-order valence-electron chi connectivity index (χ2n) is 8.63. The van der Waals surface area contributed by atoms with Crippen molar-refractivity contribution in [2.75, 3.05) is 19.5 Å². The largest absolute Gasteiger partial charge is 0.387 e. The summed E-state index contributed by atoms with van der Waals surface area (Å²) >= 11 is 0. The van der Waals surface area contributed by atoms with Gasteiger partial charge in [-0.3, -0.25) is 4.98 Å². The molecule has 1 fully saturated rings. The van der Waals surface area contributed by atoms with Crippen molar-refractivity contribution in [1.29, 1.82) is 0 Å². The molecule has 164 valence electrons. The normalized spacial score (nSPS) is 21.1. The Bertz CT molecular complexity index is 1210. The molecule has 0 amide bonds. The maximum absolute atomic E-state index is 10.6. The van der Waals surface area contributed by atoms with Crippen LogP contribution in [-0.4, -0.2) is 44.0 Å². The lowest BCUT2D eigenvalue weighted by molar-refractivity contribution is -0.0590. The van der Waals surface area contributed by atoms with Gasteiger partial charge in [0, 0.05) is 47.7 Å². The summed E-state index contributed by atoms with van der Waals surface area (Å²) < 4.78 is 6.86. The van der Waals surface area contributed by atoms with E-state index in [-0.39, 0.29) is 5.92 Å². The molecule has 7 nitrogen and oxygen atoms in total. The number of hydrogen-bond acceptors (Lipinski definition) is 6. The van der Waals surface area contributed by atoms with E-state index in [9.17, 15) is 5.11 Å². The number of fused-ring (bicyclic) bond motifs is 1. The van der Waals surface area contributed by atoms with Gasteiger partial charge in [0.25, 0.3) is 0 Å². The summed E-state index contributed by atoms with van der Waals surface area (Å²) in [6.07, 6.45) is 6.72. The molecule has 4 aromatic rings. The molecule has 1 aromatic carbocycles. The van der Waals surface area contributed by atoms with E-state index >= 15 is 0 Å². The van der Waals surface area contributed by atoms with Gasteiger partial charge in [-0.15, -0.1) is 0 Å². The fourth-order valence-corrected chi connectivity index (χ4v) is 4.62. The minimum Gasteiger partial charge on any atom is -0.387 e. The average molecular weight is 430 g/mol. The number of benzene rings is 1. The van der Waals surface area contributed by atoms with Crippen molar-refractivity contribution in [3.05, 3.63) is 66.6 Å². The van der Waals surface area contributed by atoms with Crippen LogP contribution in [0.25, 0.3) is 28.0 Å². The number of aromatic nitrogens is 4. The molecule has 0 aliphatic heterocycles. The van der Waals surface area contributed by atoms with Gasteiger partial charge >= 0.3 is 0 Å². The van der Waals surface area contributed by atoms with E-state index in [0.717, 1.165) is 46.6 Å². The van der Waals surface area contributed by atoms with Crippen LogP contribution in [0.1, 0.15) is 37.3 Å². The average Bonchev–Trinajstić information content (AvgIpc) is 3.25. The molecule has 0 radical (unpaired) electrons. The first kappa shape index (κ1) is 20.6. The Morgan fingerprint density at radius 2 is 1.88 bits per heavy atom. The number of pyridine rings is 1. The summed E-state index contributed by atoms with van der Waals surface area (Å²) in [4.78, 5) is 9.59. The van der Waals surface area contributed by atoms with Crippen LogP contribution in [0.3, 0.4) is 0 Å². The third-order valence-electron chi connectivity index (χ3n) is 6.41. The third-order valence-corrected chi connectivity index (χ3v) is 6.41. The monoisotopic (exact) mass is 429 g/mol. The van der Waals surface area contributed by atoms with E-state index in [0.29, 0.717) is 25.3 Å². The van der Waals surface area contributed by atoms with Crippen LogP contribution in [-0.2, 0) is 4.74 Å². The number of aliphatic hydroxyl groups is 1. The molecule has 7 heteroatoms. The molecule has 3 N–H and O–H groups in total. The maximum atomic E-state index is 10.6. The van der Waals surface area contributed by atoms with Gasteiger partial charge < -0.3 is 15.6 Å². The minimum absolute atomic E-state index is 0.251. The molecule has 0 atom stereocenters. The summed E-state index contributed by atoms with van der Waals surface area (Å²) in [5.74, 6) is 0.809. The first-order valence-corrected chi connectivity index (χ1v) is 10.9. The van der Waals surface area contributed by atoms with Gasteiger partial charge in [0.1, 0.15) is 5.82 Å². The van der Waals surface area contributed by atoms with Crippen LogP contribution in [0.5, 0.6) is 0 Å². The van der Waals surface area contributed by atoms with E-state index in [1.165, 1.54) is 0 Å². The second-order valence-corrected chi connectivity index (χ2v) is 8.63. The molecule has 3 heterocycles. The summed E-state index contributed by atoms with van der Waals surface area (Å²) in [6, 6.07) is 16.1. The van der Waals surface area contributed by atoms with Gasteiger partial charge in [-0.2, -0.15) is 9.61 Å². The van der Waals surface area contributed by atoms with E-state index < -0.39 is 5.60 Å². The molecule has 0 saturated heterocycles. The molecule has 1 aliphatic carbocycles. The summed E-state index contributed by atoms with van der Waals surface area (Å²) in [7, 11) is 1.63. The van der Waals surface area contributed by atoms with Crippen molar-refractivity contribution >= 4 is 11.5 Å². The van der Waals surface area contributed by atoms with Crippen molar-refractivity contribution in [2.45, 2.75) is 37.2 Å². The number of rotatable bonds is 5. The molecule has 1 aliphatic rings. The van der Waals surface area contributed by atoms with Crippen LogP contribution >= 0.6 is 0 Å². The summed E-state index contributed by atoms with van der Waals surface area (Å²) in [6.45, 7) is 0.368. The number of anilines is 1. The number of nitrogen functional groups attached to an aromatic ring is 1. The third kappa shape index (κ3) is 3.85. The van der Waals surface area contributed by atoms with E-state index in [1.807, 2.05) is 54.7 Å². The Labute approximate surface area is 186 Å². The highest BCUT2D eigenvalue weighted by Crippen LogP contribution is 2.38. The van der Waals surface area contributed by atoms with Gasteiger partial charge in [-0.1, -0.05) is 36.4 Å². The molecule has 0 unspecified atom stereocenters. The fourth-order valence-electron chi connectivity index (χ4n) is 4.62. The zero-order chi connectivity index (χ0) is 22.1. The highest BCUT2D eigenvalue weighted by molar-refractivity contribution is 5.78. The topological polar surface area (TPSA) is 98.6 Å². The number of methoxy groups -OCH3 is 1. The quantitative estimate of drug-likeness (QED) is 0.496. The summed E-state index contributed by atoms with van der Waals surface area (Å²) in [5.41, 5.74) is 11.1. The van der Waals surface area contributed by atoms with Crippen LogP contribution in [0, 0.1) is 0 Å². The molecule has 5 rings (SSSR count). The Hall–Kier alpha value is -3.29. The lowest BCUT2D eigenvalue weighted by Crippen LogP contribution is -2.38. The standard InChI is InChI=1S/C25H27N5O2/c1-32-16-25(31)11-9-18(10-12-25)22-13-23(26)30-24(29-22)20(15-28-30)19-7-8-21(27-14-19)17-5-3-2-4-6-17/h2-8,13-15,18,31H,9-12,16,26H2,1H3. The predicted octanol–water partition coefficient (Wildman–Crippen LogP) is 4.08. The Morgan fingerprint density at radius 1 is 1.09 bits per heavy atom. The molecule has 32 heavy (non-hydrogen) atoms. The van der Waals surface area contributed by atoms with Crippen LogP contribution < -0.4 is 5.73 Å². The van der Waals surface area contributed by atoms with Crippen molar-refractivity contribution < 1.29 is 9.84 Å². The fraction of sp³-hybridized carbons (Fsp3) is 0.320. The van der Waals surface area contributed by atoms with Gasteiger partial charge in [0.2, 0.25) is 0 Å². The molecular weight excluding hydrogens is 402 g/mol. The SMILES string of the molecule is COCC1(O)CCC(c2cc(N)n3ncc(-c4ccc(-c5ccccc5)nc4)c3n2)CC1. The van der Waals surface area contributed by atoms with Crippen LogP contribution in [0.15, 0.2) is 60.9 Å². The van der Waals surface area contributed by atoms with Gasteiger partial charge in [-0.25, -0.2) is 4.98 Å². The summed E-state index contributed by atoms with van der Waals surface area (Å²) in [5, 5.41) is 15.1. The van der Waals surface area contributed by atoms with Gasteiger partial charge in [0.15, 0.2) is 5.65 Å². The number of ether oxygens (including phenoxy) is 1. The first-order chi connectivity index (χ1) is 15.6. The Morgan fingerprint density at radius 3 is 2.56 bits per heavy atom. The lowest BCUT2D eigenvalue weighted by atomic mass is 9.78. The first-order valence-electron chi connectivity index (χ1n) is 10.9. The van der Waals surface area contributed by atoms with Gasteiger partial charge in [-0.05, 0) is 31.7 Å². The van der Waals surface area contributed by atoms with Crippen molar-refractivity contribution in [2.24, 2.45) is 0 Å². The Balaban J connectivity index is 1.45. The molecule has 3 aromatic heterocycles. The van der Waals surface area contributed by atoms with E-state index in [1.54, 1.807) is 17.8 Å². The highest BCUT2D eigenvalue weighted by atomic mass is 16.5. The lowest BCUT2D eigenvalue weighted by Gasteiger charge is -2.35. The molecular formula is C25H27N5O2. The highest BCUT2D eigenvalue weighted by Gasteiger charge is 2.34. The molecule has 0 spiro atoms. The maximum Gasteiger partial charge on any atom is 0.165 e. The van der Waals surface area contributed by atoms with Crippen LogP contribution in [0.2, 0.25) is 0 Å². The van der Waals surface area contributed by atoms with Gasteiger partial charge in [0.05, 0.1) is 24.1 Å². The van der Waals surface area contributed by atoms with E-state index in [2.05, 4.69) is 10.1 Å². The smallest absolute Gasteiger partial charge is 0.165 e.